The molecule has 0 bridgehead atoms. The van der Waals surface area contributed by atoms with E-state index < -0.39 is 0 Å². The molecule has 3 rings (SSSR count). The predicted octanol–water partition coefficient (Wildman–Crippen LogP) is 3.08. The molecule has 1 aromatic carbocycles. The molecule has 0 amide bonds. The van der Waals surface area contributed by atoms with Gasteiger partial charge in [0.1, 0.15) is 0 Å². The van der Waals surface area contributed by atoms with Crippen LogP contribution < -0.4 is 14.8 Å². The van der Waals surface area contributed by atoms with E-state index in [1.807, 2.05) is 6.07 Å². The van der Waals surface area contributed by atoms with Gasteiger partial charge in [-0.2, -0.15) is 0 Å². The van der Waals surface area contributed by atoms with Crippen molar-refractivity contribution < 1.29 is 9.47 Å². The van der Waals surface area contributed by atoms with Crippen molar-refractivity contribution in [2.45, 2.75) is 38.3 Å². The van der Waals surface area contributed by atoms with Crippen LogP contribution in [-0.4, -0.2) is 44.3 Å². The molecule has 1 N–H and O–H groups in total. The van der Waals surface area contributed by atoms with Crippen LogP contribution in [0.4, 0.5) is 0 Å². The molecule has 1 aromatic rings. The Morgan fingerprint density at radius 2 is 2.05 bits per heavy atom. The zero-order chi connectivity index (χ0) is 15.4. The maximum absolute atomic E-state index is 6.38. The molecule has 1 unspecified atom stereocenters. The van der Waals surface area contributed by atoms with Gasteiger partial charge in [-0.05, 0) is 57.1 Å². The van der Waals surface area contributed by atoms with Gasteiger partial charge in [0.15, 0.2) is 11.5 Å². The van der Waals surface area contributed by atoms with Gasteiger partial charge in [0.25, 0.3) is 0 Å². The Morgan fingerprint density at radius 3 is 2.95 bits per heavy atom. The Balaban J connectivity index is 1.71. The summed E-state index contributed by atoms with van der Waals surface area (Å²) < 4.78 is 11.5. The van der Waals surface area contributed by atoms with Crippen LogP contribution in [0.3, 0.4) is 0 Å². The fourth-order valence-electron chi connectivity index (χ4n) is 3.23. The summed E-state index contributed by atoms with van der Waals surface area (Å²) in [6, 6.07) is 4.73. The Kier molecular flexibility index (Phi) is 5.45. The molecule has 0 aliphatic carbocycles. The highest BCUT2D eigenvalue weighted by molar-refractivity contribution is 6.32. The third kappa shape index (κ3) is 3.86. The van der Waals surface area contributed by atoms with E-state index >= 15 is 0 Å². The Morgan fingerprint density at radius 1 is 1.18 bits per heavy atom. The highest BCUT2D eigenvalue weighted by Crippen LogP contribution is 2.38. The quantitative estimate of drug-likeness (QED) is 0.926. The van der Waals surface area contributed by atoms with Crippen molar-refractivity contribution in [3.05, 3.63) is 22.7 Å². The first-order valence-electron chi connectivity index (χ1n) is 8.23. The van der Waals surface area contributed by atoms with E-state index in [2.05, 4.69) is 23.3 Å². The topological polar surface area (TPSA) is 33.7 Å². The van der Waals surface area contributed by atoms with Gasteiger partial charge in [-0.15, -0.1) is 0 Å². The van der Waals surface area contributed by atoms with E-state index in [0.29, 0.717) is 30.0 Å². The number of nitrogens with zero attached hydrogens (tertiary/aromatic N) is 1. The van der Waals surface area contributed by atoms with Crippen LogP contribution in [0.1, 0.15) is 31.2 Å². The summed E-state index contributed by atoms with van der Waals surface area (Å²) in [6.45, 7) is 4.50. The van der Waals surface area contributed by atoms with Crippen LogP contribution in [0.5, 0.6) is 11.5 Å². The smallest absolute Gasteiger partial charge is 0.179 e. The first-order valence-corrected chi connectivity index (χ1v) is 8.61. The molecule has 1 saturated heterocycles. The fraction of sp³-hybridized carbons (Fsp3) is 0.647. The molecule has 22 heavy (non-hydrogen) atoms. The second-order valence-corrected chi connectivity index (χ2v) is 6.61. The lowest BCUT2D eigenvalue weighted by Crippen LogP contribution is -2.32. The summed E-state index contributed by atoms with van der Waals surface area (Å²) in [5, 5.41) is 4.13. The van der Waals surface area contributed by atoms with E-state index in [1.54, 1.807) is 0 Å². The Hall–Kier alpha value is -0.970. The van der Waals surface area contributed by atoms with Crippen LogP contribution in [0.15, 0.2) is 12.1 Å². The molecule has 1 fully saturated rings. The van der Waals surface area contributed by atoms with Crippen molar-refractivity contribution in [3.63, 3.8) is 0 Å². The molecule has 1 atom stereocenters. The molecule has 0 radical (unpaired) electrons. The maximum Gasteiger partial charge on any atom is 0.179 e. The van der Waals surface area contributed by atoms with Crippen molar-refractivity contribution in [2.24, 2.45) is 0 Å². The molecule has 2 aliphatic rings. The van der Waals surface area contributed by atoms with Crippen LogP contribution in [0.2, 0.25) is 5.02 Å². The lowest BCUT2D eigenvalue weighted by molar-refractivity contribution is 0.216. The van der Waals surface area contributed by atoms with Crippen molar-refractivity contribution >= 4 is 11.6 Å². The van der Waals surface area contributed by atoms with E-state index in [0.717, 1.165) is 31.8 Å². The molecular formula is C17H25ClN2O2. The Bertz CT molecular complexity index is 502. The summed E-state index contributed by atoms with van der Waals surface area (Å²) in [4.78, 5) is 2.43. The third-order valence-corrected chi connectivity index (χ3v) is 4.74. The van der Waals surface area contributed by atoms with Crippen molar-refractivity contribution in [1.29, 1.82) is 0 Å². The predicted molar refractivity (Wildman–Crippen MR) is 89.0 cm³/mol. The maximum atomic E-state index is 6.38. The molecule has 0 aromatic heterocycles. The van der Waals surface area contributed by atoms with E-state index in [-0.39, 0.29) is 0 Å². The summed E-state index contributed by atoms with van der Waals surface area (Å²) in [5.74, 6) is 1.49. The zero-order valence-corrected chi connectivity index (χ0v) is 14.0. The van der Waals surface area contributed by atoms with Gasteiger partial charge in [0.2, 0.25) is 0 Å². The van der Waals surface area contributed by atoms with Crippen LogP contribution >= 0.6 is 11.6 Å². The minimum Gasteiger partial charge on any atom is -0.489 e. The molecule has 2 aliphatic heterocycles. The number of hydrogen-bond acceptors (Lipinski definition) is 4. The molecule has 0 spiro atoms. The van der Waals surface area contributed by atoms with Gasteiger partial charge in [-0.3, -0.25) is 4.90 Å². The number of ether oxygens (including phenoxy) is 2. The number of benzene rings is 1. The number of halogens is 1. The highest BCUT2D eigenvalue weighted by Gasteiger charge is 2.19. The fourth-order valence-corrected chi connectivity index (χ4v) is 3.52. The Labute approximate surface area is 137 Å². The summed E-state index contributed by atoms with van der Waals surface area (Å²) >= 11 is 6.38. The molecule has 4 nitrogen and oxygen atoms in total. The number of fused-ring (bicyclic) bond motifs is 1. The van der Waals surface area contributed by atoms with Gasteiger partial charge in [0, 0.05) is 19.0 Å². The van der Waals surface area contributed by atoms with Crippen LogP contribution in [-0.2, 0) is 6.54 Å². The molecule has 0 saturated carbocycles. The number of rotatable bonds is 3. The molecule has 2 heterocycles. The van der Waals surface area contributed by atoms with Crippen molar-refractivity contribution in [2.75, 3.05) is 33.4 Å². The van der Waals surface area contributed by atoms with Gasteiger partial charge >= 0.3 is 0 Å². The van der Waals surface area contributed by atoms with Crippen LogP contribution in [0.25, 0.3) is 0 Å². The van der Waals surface area contributed by atoms with Gasteiger partial charge < -0.3 is 14.8 Å². The molecular weight excluding hydrogens is 300 g/mol. The van der Waals surface area contributed by atoms with E-state index in [1.165, 1.54) is 24.8 Å². The summed E-state index contributed by atoms with van der Waals surface area (Å²) in [5.41, 5.74) is 1.19. The third-order valence-electron chi connectivity index (χ3n) is 4.46. The number of hydrogen-bond donors (Lipinski definition) is 1. The monoisotopic (exact) mass is 324 g/mol. The molecule has 5 heteroatoms. The lowest BCUT2D eigenvalue weighted by Gasteiger charge is -2.27. The second kappa shape index (κ2) is 7.53. The van der Waals surface area contributed by atoms with Crippen molar-refractivity contribution in [1.82, 2.24) is 10.2 Å². The van der Waals surface area contributed by atoms with E-state index in [9.17, 15) is 0 Å². The molecule has 122 valence electrons. The lowest BCUT2D eigenvalue weighted by atomic mass is 10.1. The van der Waals surface area contributed by atoms with Gasteiger partial charge in [-0.1, -0.05) is 11.6 Å². The van der Waals surface area contributed by atoms with Crippen molar-refractivity contribution in [3.8, 4) is 11.5 Å². The highest BCUT2D eigenvalue weighted by atomic mass is 35.5. The number of nitrogens with one attached hydrogen (secondary N) is 1. The average Bonchev–Trinajstić information content (AvgIpc) is 2.89. The summed E-state index contributed by atoms with van der Waals surface area (Å²) in [7, 11) is 2.20. The first-order chi connectivity index (χ1) is 10.7. The minimum atomic E-state index is 0.629. The largest absolute Gasteiger partial charge is 0.489 e. The summed E-state index contributed by atoms with van der Waals surface area (Å²) in [6.07, 6.45) is 4.60. The SMILES string of the molecule is CN(Cc1cc(Cl)c2c(c1)OCCCO2)C1CCCNCC1. The van der Waals surface area contributed by atoms with Gasteiger partial charge in [0.05, 0.1) is 18.2 Å². The standard InChI is InChI=1S/C17H25ClN2O2/c1-20(14-4-2-6-19-7-5-14)12-13-10-15(18)17-16(11-13)21-8-3-9-22-17/h10-11,14,19H,2-9,12H2,1H3. The first kappa shape index (κ1) is 15.9. The average molecular weight is 325 g/mol. The zero-order valence-electron chi connectivity index (χ0n) is 13.2. The minimum absolute atomic E-state index is 0.629. The normalized spacial score (nSPS) is 22.2. The van der Waals surface area contributed by atoms with Crippen LogP contribution in [0, 0.1) is 0 Å². The second-order valence-electron chi connectivity index (χ2n) is 6.21. The van der Waals surface area contributed by atoms with E-state index in [4.69, 9.17) is 21.1 Å². The van der Waals surface area contributed by atoms with Gasteiger partial charge in [-0.25, -0.2) is 0 Å².